The minimum Gasteiger partial charge on any atom is -0.337 e. The second-order valence-corrected chi connectivity index (χ2v) is 5.87. The van der Waals surface area contributed by atoms with Gasteiger partial charge in [0.1, 0.15) is 4.88 Å². The van der Waals surface area contributed by atoms with Gasteiger partial charge in [-0.15, -0.1) is 5.10 Å². The highest BCUT2D eigenvalue weighted by Gasteiger charge is 2.39. The van der Waals surface area contributed by atoms with Crippen molar-refractivity contribution < 1.29 is 4.79 Å². The van der Waals surface area contributed by atoms with E-state index in [2.05, 4.69) is 9.59 Å². The number of carbonyl (C=O) groups is 1. The molecule has 1 aromatic heterocycles. The van der Waals surface area contributed by atoms with Crippen LogP contribution in [-0.2, 0) is 0 Å². The molecule has 0 aromatic carbocycles. The zero-order valence-electron chi connectivity index (χ0n) is 9.58. The summed E-state index contributed by atoms with van der Waals surface area (Å²) in [6.45, 7) is 1.74. The van der Waals surface area contributed by atoms with Gasteiger partial charge in [0.15, 0.2) is 0 Å². The monoisotopic (exact) mass is 252 g/mol. The number of amides is 1. The number of nitrogens with zero attached hydrogens (tertiary/aromatic N) is 3. The van der Waals surface area contributed by atoms with Crippen LogP contribution in [0.2, 0.25) is 0 Å². The summed E-state index contributed by atoms with van der Waals surface area (Å²) in [6.07, 6.45) is 4.89. The third kappa shape index (κ3) is 2.07. The average Bonchev–Trinajstić information content (AvgIpc) is 2.96. The Kier molecular flexibility index (Phi) is 2.84. The maximum Gasteiger partial charge on any atom is 0.267 e. The number of nitrogens with two attached hydrogens (primary N) is 1. The Bertz CT molecular complexity index is 408. The number of aromatic nitrogens is 2. The molecule has 3 atom stereocenters. The Morgan fingerprint density at radius 3 is 3.00 bits per heavy atom. The number of likely N-dealkylation sites (tertiary alicyclic amines) is 1. The van der Waals surface area contributed by atoms with Gasteiger partial charge in [0, 0.05) is 19.1 Å². The molecular weight excluding hydrogens is 236 g/mol. The van der Waals surface area contributed by atoms with Crippen molar-refractivity contribution in [2.75, 3.05) is 13.1 Å². The van der Waals surface area contributed by atoms with E-state index < -0.39 is 0 Å². The SMILES string of the molecule is NC1CC[C@@H]2CN(C(=O)c3cnns3)C[C@@H]2C1. The van der Waals surface area contributed by atoms with Crippen LogP contribution in [0.15, 0.2) is 6.20 Å². The number of fused-ring (bicyclic) bond motifs is 1. The Hall–Kier alpha value is -1.01. The third-order valence-corrected chi connectivity index (χ3v) is 4.60. The lowest BCUT2D eigenvalue weighted by atomic mass is 9.79. The number of hydrogen-bond acceptors (Lipinski definition) is 5. The molecule has 1 aliphatic heterocycles. The van der Waals surface area contributed by atoms with Gasteiger partial charge in [0.2, 0.25) is 0 Å². The van der Waals surface area contributed by atoms with Crippen LogP contribution in [0.5, 0.6) is 0 Å². The van der Waals surface area contributed by atoms with Crippen LogP contribution >= 0.6 is 11.5 Å². The van der Waals surface area contributed by atoms with Crippen LogP contribution in [-0.4, -0.2) is 39.5 Å². The highest BCUT2D eigenvalue weighted by atomic mass is 32.1. The smallest absolute Gasteiger partial charge is 0.267 e. The number of carbonyl (C=O) groups excluding carboxylic acids is 1. The normalized spacial score (nSPS) is 32.5. The van der Waals surface area contributed by atoms with Crippen LogP contribution in [0.4, 0.5) is 0 Å². The standard InChI is InChI=1S/C11H16N4OS/c12-9-2-1-7-5-15(6-8(7)3-9)11(16)10-4-13-14-17-10/h4,7-9H,1-3,5-6,12H2/t7-,8+,9?/m1/s1. The molecule has 17 heavy (non-hydrogen) atoms. The van der Waals surface area contributed by atoms with E-state index in [1.54, 1.807) is 6.20 Å². The van der Waals surface area contributed by atoms with Crippen molar-refractivity contribution in [3.8, 4) is 0 Å². The first-order valence-electron chi connectivity index (χ1n) is 6.06. The molecule has 6 heteroatoms. The van der Waals surface area contributed by atoms with Gasteiger partial charge in [-0.1, -0.05) is 4.49 Å². The molecule has 3 rings (SSSR count). The van der Waals surface area contributed by atoms with Crippen molar-refractivity contribution in [3.05, 3.63) is 11.1 Å². The second-order valence-electron chi connectivity index (χ2n) is 5.09. The molecule has 2 fully saturated rings. The van der Waals surface area contributed by atoms with Gasteiger partial charge in [0.05, 0.1) is 6.20 Å². The minimum absolute atomic E-state index is 0.0861. The van der Waals surface area contributed by atoms with Gasteiger partial charge in [-0.2, -0.15) is 0 Å². The molecule has 1 saturated heterocycles. The van der Waals surface area contributed by atoms with Crippen molar-refractivity contribution in [3.63, 3.8) is 0 Å². The van der Waals surface area contributed by atoms with Crippen LogP contribution in [0, 0.1) is 11.8 Å². The summed E-state index contributed by atoms with van der Waals surface area (Å²) in [7, 11) is 0. The van der Waals surface area contributed by atoms with E-state index in [1.807, 2.05) is 4.90 Å². The van der Waals surface area contributed by atoms with E-state index >= 15 is 0 Å². The van der Waals surface area contributed by atoms with Crippen molar-refractivity contribution in [2.24, 2.45) is 17.6 Å². The van der Waals surface area contributed by atoms with Gasteiger partial charge in [-0.3, -0.25) is 4.79 Å². The predicted molar refractivity (Wildman–Crippen MR) is 64.6 cm³/mol. The largest absolute Gasteiger partial charge is 0.337 e. The Labute approximate surface area is 104 Å². The highest BCUT2D eigenvalue weighted by molar-refractivity contribution is 7.07. The Balaban J connectivity index is 1.69. The number of hydrogen-bond donors (Lipinski definition) is 1. The van der Waals surface area contributed by atoms with Crippen molar-refractivity contribution in [2.45, 2.75) is 25.3 Å². The summed E-state index contributed by atoms with van der Waals surface area (Å²) in [4.78, 5) is 14.8. The first-order valence-corrected chi connectivity index (χ1v) is 6.83. The minimum atomic E-state index is 0.0861. The molecule has 0 radical (unpaired) electrons. The fourth-order valence-electron chi connectivity index (χ4n) is 3.05. The van der Waals surface area contributed by atoms with Crippen LogP contribution in [0.1, 0.15) is 28.9 Å². The summed E-state index contributed by atoms with van der Waals surface area (Å²) >= 11 is 1.17. The summed E-state index contributed by atoms with van der Waals surface area (Å²) in [6, 6.07) is 0.330. The summed E-state index contributed by atoms with van der Waals surface area (Å²) < 4.78 is 3.74. The maximum atomic E-state index is 12.2. The molecule has 1 aromatic rings. The molecule has 1 unspecified atom stereocenters. The number of rotatable bonds is 1. The molecule has 2 heterocycles. The van der Waals surface area contributed by atoms with Crippen LogP contribution < -0.4 is 5.73 Å². The molecule has 5 nitrogen and oxygen atoms in total. The molecule has 92 valence electrons. The van der Waals surface area contributed by atoms with Gasteiger partial charge in [0.25, 0.3) is 5.91 Å². The fraction of sp³-hybridized carbons (Fsp3) is 0.727. The summed E-state index contributed by atoms with van der Waals surface area (Å²) in [5, 5.41) is 3.72. The molecule has 0 bridgehead atoms. The van der Waals surface area contributed by atoms with E-state index in [0.29, 0.717) is 22.8 Å². The quantitative estimate of drug-likeness (QED) is 0.800. The summed E-state index contributed by atoms with van der Waals surface area (Å²) in [5.74, 6) is 1.34. The van der Waals surface area contributed by atoms with Gasteiger partial charge in [-0.05, 0) is 42.6 Å². The first kappa shape index (κ1) is 11.1. The van der Waals surface area contributed by atoms with Crippen molar-refractivity contribution in [1.82, 2.24) is 14.5 Å². The molecule has 0 spiro atoms. The van der Waals surface area contributed by atoms with Crippen LogP contribution in [0.3, 0.4) is 0 Å². The van der Waals surface area contributed by atoms with Gasteiger partial charge in [-0.25, -0.2) is 0 Å². The van der Waals surface area contributed by atoms with Crippen molar-refractivity contribution >= 4 is 17.4 Å². The first-order chi connectivity index (χ1) is 8.24. The van der Waals surface area contributed by atoms with E-state index in [0.717, 1.165) is 32.4 Å². The fourth-order valence-corrected chi connectivity index (χ4v) is 3.53. The molecule has 2 N–H and O–H groups in total. The lowest BCUT2D eigenvalue weighted by molar-refractivity contribution is 0.0788. The van der Waals surface area contributed by atoms with E-state index in [1.165, 1.54) is 11.5 Å². The van der Waals surface area contributed by atoms with E-state index in [9.17, 15) is 4.79 Å². The molecule has 1 aliphatic carbocycles. The summed E-state index contributed by atoms with van der Waals surface area (Å²) in [5.41, 5.74) is 5.99. The zero-order chi connectivity index (χ0) is 11.8. The predicted octanol–water partition coefficient (Wildman–Crippen LogP) is 0.737. The lowest BCUT2D eigenvalue weighted by Gasteiger charge is -2.27. The Morgan fingerprint density at radius 1 is 1.41 bits per heavy atom. The third-order valence-electron chi connectivity index (χ3n) is 3.95. The van der Waals surface area contributed by atoms with Crippen LogP contribution in [0.25, 0.3) is 0 Å². The van der Waals surface area contributed by atoms with E-state index in [-0.39, 0.29) is 5.91 Å². The zero-order valence-corrected chi connectivity index (χ0v) is 10.4. The van der Waals surface area contributed by atoms with Gasteiger partial charge < -0.3 is 10.6 Å². The average molecular weight is 252 g/mol. The lowest BCUT2D eigenvalue weighted by Crippen LogP contribution is -2.32. The molecular formula is C11H16N4OS. The second kappa shape index (κ2) is 4.34. The topological polar surface area (TPSA) is 72.1 Å². The van der Waals surface area contributed by atoms with Crippen molar-refractivity contribution in [1.29, 1.82) is 0 Å². The molecule has 2 aliphatic rings. The highest BCUT2D eigenvalue weighted by Crippen LogP contribution is 2.36. The Morgan fingerprint density at radius 2 is 2.24 bits per heavy atom. The molecule has 1 amide bonds. The van der Waals surface area contributed by atoms with E-state index in [4.69, 9.17) is 5.73 Å². The molecule has 1 saturated carbocycles. The maximum absolute atomic E-state index is 12.2. The van der Waals surface area contributed by atoms with Gasteiger partial charge >= 0.3 is 0 Å².